The van der Waals surface area contributed by atoms with Crippen molar-refractivity contribution in [3.05, 3.63) is 12.2 Å². The van der Waals surface area contributed by atoms with Crippen LogP contribution in [-0.2, 0) is 6.54 Å². The highest BCUT2D eigenvalue weighted by Gasteiger charge is 2.16. The van der Waals surface area contributed by atoms with E-state index in [0.717, 1.165) is 24.8 Å². The van der Waals surface area contributed by atoms with Crippen LogP contribution in [-0.4, -0.2) is 16.7 Å². The molecule has 0 bridgehead atoms. The Morgan fingerprint density at radius 2 is 2.50 bits per heavy atom. The van der Waals surface area contributed by atoms with E-state index in [9.17, 15) is 0 Å². The maximum Gasteiger partial charge on any atom is 0.213 e. The van der Waals surface area contributed by atoms with Crippen molar-refractivity contribution in [1.82, 2.24) is 15.5 Å². The van der Waals surface area contributed by atoms with Crippen LogP contribution in [0.25, 0.3) is 0 Å². The molecule has 2 rings (SSSR count). The lowest BCUT2D eigenvalue weighted by molar-refractivity contribution is 0.299. The summed E-state index contributed by atoms with van der Waals surface area (Å²) in [5.41, 5.74) is 0. The van der Waals surface area contributed by atoms with Crippen molar-refractivity contribution in [3.63, 3.8) is 0 Å². The second-order valence-electron chi connectivity index (χ2n) is 3.28. The minimum atomic E-state index is 0.729. The van der Waals surface area contributed by atoms with Gasteiger partial charge in [0.05, 0.1) is 6.54 Å². The van der Waals surface area contributed by atoms with E-state index >= 15 is 0 Å². The van der Waals surface area contributed by atoms with Crippen LogP contribution in [0.1, 0.15) is 25.1 Å². The molecule has 0 unspecified atom stereocenters. The first-order valence-electron chi connectivity index (χ1n) is 4.41. The highest BCUT2D eigenvalue weighted by Crippen LogP contribution is 2.25. The summed E-state index contributed by atoms with van der Waals surface area (Å²) in [4.78, 5) is 3.92. The maximum atomic E-state index is 4.61. The Kier molecular flexibility index (Phi) is 2.36. The summed E-state index contributed by atoms with van der Waals surface area (Å²) in [6.07, 6.45) is 5.51. The molecule has 1 aliphatic rings. The van der Waals surface area contributed by atoms with Crippen molar-refractivity contribution in [2.24, 2.45) is 5.92 Å². The van der Waals surface area contributed by atoms with Gasteiger partial charge in [0.2, 0.25) is 6.39 Å². The Hall–Kier alpha value is -0.900. The molecule has 1 aromatic rings. The average Bonchev–Trinajstić information content (AvgIpc) is 2.46. The van der Waals surface area contributed by atoms with Gasteiger partial charge in [0.25, 0.3) is 0 Å². The molecule has 4 heteroatoms. The quantitative estimate of drug-likeness (QED) is 0.725. The van der Waals surface area contributed by atoms with Crippen LogP contribution in [0.5, 0.6) is 0 Å². The SMILES string of the molecule is c1nc(CNCC2CCC2)no1. The van der Waals surface area contributed by atoms with Gasteiger partial charge in [0.15, 0.2) is 5.82 Å². The van der Waals surface area contributed by atoms with Crippen molar-refractivity contribution >= 4 is 0 Å². The predicted molar refractivity (Wildman–Crippen MR) is 43.3 cm³/mol. The Bertz CT molecular complexity index is 218. The molecule has 66 valence electrons. The minimum Gasteiger partial charge on any atom is -0.343 e. The average molecular weight is 167 g/mol. The largest absolute Gasteiger partial charge is 0.343 e. The molecule has 4 nitrogen and oxygen atoms in total. The van der Waals surface area contributed by atoms with Crippen LogP contribution in [0.4, 0.5) is 0 Å². The summed E-state index contributed by atoms with van der Waals surface area (Å²) < 4.78 is 4.61. The molecule has 1 aromatic heterocycles. The van der Waals surface area contributed by atoms with Crippen molar-refractivity contribution in [1.29, 1.82) is 0 Å². The molecule has 0 atom stereocenters. The van der Waals surface area contributed by atoms with Crippen LogP contribution >= 0.6 is 0 Å². The second-order valence-corrected chi connectivity index (χ2v) is 3.28. The predicted octanol–water partition coefficient (Wildman–Crippen LogP) is 0.959. The molecule has 0 saturated heterocycles. The third-order valence-corrected chi connectivity index (χ3v) is 2.35. The smallest absolute Gasteiger partial charge is 0.213 e. The van der Waals surface area contributed by atoms with Crippen LogP contribution in [0.3, 0.4) is 0 Å². The molecule has 1 heterocycles. The molecule has 0 amide bonds. The normalized spacial score (nSPS) is 17.7. The zero-order valence-corrected chi connectivity index (χ0v) is 6.99. The number of hydrogen-bond donors (Lipinski definition) is 1. The highest BCUT2D eigenvalue weighted by molar-refractivity contribution is 4.78. The number of nitrogens with one attached hydrogen (secondary N) is 1. The topological polar surface area (TPSA) is 51.0 Å². The Morgan fingerprint density at radius 1 is 1.58 bits per heavy atom. The third-order valence-electron chi connectivity index (χ3n) is 2.35. The third kappa shape index (κ3) is 1.82. The van der Waals surface area contributed by atoms with Gasteiger partial charge >= 0.3 is 0 Å². The number of rotatable bonds is 4. The zero-order valence-electron chi connectivity index (χ0n) is 6.99. The summed E-state index contributed by atoms with van der Waals surface area (Å²) in [6.45, 7) is 1.82. The van der Waals surface area contributed by atoms with Crippen LogP contribution in [0, 0.1) is 5.92 Å². The minimum absolute atomic E-state index is 0.729. The van der Waals surface area contributed by atoms with E-state index in [4.69, 9.17) is 0 Å². The fourth-order valence-corrected chi connectivity index (χ4v) is 1.36. The zero-order chi connectivity index (χ0) is 8.23. The van der Waals surface area contributed by atoms with E-state index in [-0.39, 0.29) is 0 Å². The first-order chi connectivity index (χ1) is 5.95. The van der Waals surface area contributed by atoms with Crippen molar-refractivity contribution in [3.8, 4) is 0 Å². The summed E-state index contributed by atoms with van der Waals surface area (Å²) in [5.74, 6) is 1.63. The molecule has 0 spiro atoms. The van der Waals surface area contributed by atoms with Crippen LogP contribution < -0.4 is 5.32 Å². The molecule has 12 heavy (non-hydrogen) atoms. The first-order valence-corrected chi connectivity index (χ1v) is 4.41. The highest BCUT2D eigenvalue weighted by atomic mass is 16.5. The second kappa shape index (κ2) is 3.67. The summed E-state index contributed by atoms with van der Waals surface area (Å²) in [7, 11) is 0. The molecule has 1 fully saturated rings. The number of aromatic nitrogens is 2. The summed E-state index contributed by atoms with van der Waals surface area (Å²) >= 11 is 0. The Balaban J connectivity index is 1.62. The van der Waals surface area contributed by atoms with Crippen molar-refractivity contribution < 1.29 is 4.52 Å². The van der Waals surface area contributed by atoms with Gasteiger partial charge in [-0.1, -0.05) is 11.6 Å². The van der Waals surface area contributed by atoms with Gasteiger partial charge in [-0.2, -0.15) is 4.98 Å². The molecule has 0 aromatic carbocycles. The fourth-order valence-electron chi connectivity index (χ4n) is 1.36. The lowest BCUT2D eigenvalue weighted by atomic mass is 9.85. The molecule has 1 aliphatic carbocycles. The number of hydrogen-bond acceptors (Lipinski definition) is 4. The van der Waals surface area contributed by atoms with E-state index < -0.39 is 0 Å². The lowest BCUT2D eigenvalue weighted by Gasteiger charge is -2.25. The van der Waals surface area contributed by atoms with E-state index in [1.165, 1.54) is 25.7 Å². The molecular formula is C8H13N3O. The standard InChI is InChI=1S/C8H13N3O/c1-2-7(3-1)4-9-5-8-10-6-12-11-8/h6-7,9H,1-5H2. The Morgan fingerprint density at radius 3 is 3.08 bits per heavy atom. The van der Waals surface area contributed by atoms with E-state index in [1.54, 1.807) is 0 Å². The molecular weight excluding hydrogens is 154 g/mol. The summed E-state index contributed by atoms with van der Waals surface area (Å²) in [5, 5.41) is 7.01. The maximum absolute atomic E-state index is 4.61. The lowest BCUT2D eigenvalue weighted by Crippen LogP contribution is -2.27. The van der Waals surface area contributed by atoms with Gasteiger partial charge in [-0.05, 0) is 25.3 Å². The van der Waals surface area contributed by atoms with Crippen molar-refractivity contribution in [2.45, 2.75) is 25.8 Å². The first kappa shape index (κ1) is 7.73. The molecule has 1 saturated carbocycles. The van der Waals surface area contributed by atoms with Gasteiger partial charge in [-0.15, -0.1) is 0 Å². The molecule has 0 aliphatic heterocycles. The van der Waals surface area contributed by atoms with Gasteiger partial charge in [-0.25, -0.2) is 0 Å². The monoisotopic (exact) mass is 167 g/mol. The van der Waals surface area contributed by atoms with Crippen molar-refractivity contribution in [2.75, 3.05) is 6.54 Å². The number of nitrogens with zero attached hydrogens (tertiary/aromatic N) is 2. The van der Waals surface area contributed by atoms with E-state index in [1.807, 2.05) is 0 Å². The van der Waals surface area contributed by atoms with E-state index in [0.29, 0.717) is 0 Å². The fraction of sp³-hybridized carbons (Fsp3) is 0.750. The van der Waals surface area contributed by atoms with E-state index in [2.05, 4.69) is 20.0 Å². The molecule has 1 N–H and O–H groups in total. The Labute approximate surface area is 71.4 Å². The van der Waals surface area contributed by atoms with Gasteiger partial charge < -0.3 is 9.84 Å². The van der Waals surface area contributed by atoms with Gasteiger partial charge in [0.1, 0.15) is 0 Å². The van der Waals surface area contributed by atoms with Gasteiger partial charge in [-0.3, -0.25) is 0 Å². The molecule has 0 radical (unpaired) electrons. The summed E-state index contributed by atoms with van der Waals surface area (Å²) in [6, 6.07) is 0. The van der Waals surface area contributed by atoms with Gasteiger partial charge in [0, 0.05) is 0 Å². The van der Waals surface area contributed by atoms with Crippen LogP contribution in [0.15, 0.2) is 10.9 Å². The van der Waals surface area contributed by atoms with Crippen LogP contribution in [0.2, 0.25) is 0 Å².